The number of hydrogen-bond donors (Lipinski definition) is 0. The molecular formula is C20H21Cl3O3. The zero-order valence-electron chi connectivity index (χ0n) is 14.7. The summed E-state index contributed by atoms with van der Waals surface area (Å²) in [5.74, 6) is 0.359. The maximum atomic E-state index is 12.4. The minimum Gasteiger partial charge on any atom is -0.469 e. The first-order valence-electron chi connectivity index (χ1n) is 8.50. The first-order chi connectivity index (χ1) is 12.2. The number of alkyl halides is 3. The van der Waals surface area contributed by atoms with Gasteiger partial charge in [-0.25, -0.2) is 0 Å². The van der Waals surface area contributed by atoms with Crippen molar-refractivity contribution in [3.8, 4) is 0 Å². The molecule has 2 unspecified atom stereocenters. The molecule has 0 aliphatic heterocycles. The van der Waals surface area contributed by atoms with Crippen molar-refractivity contribution in [2.45, 2.75) is 37.1 Å². The lowest BCUT2D eigenvalue weighted by Crippen LogP contribution is -2.11. The Bertz CT molecular complexity index is 762. The molecule has 140 valence electrons. The highest BCUT2D eigenvalue weighted by Crippen LogP contribution is 2.63. The number of carbonyl (C=O) groups excluding carboxylic acids is 1. The van der Waals surface area contributed by atoms with Crippen molar-refractivity contribution in [3.05, 3.63) is 59.5 Å². The van der Waals surface area contributed by atoms with Crippen molar-refractivity contribution in [1.82, 2.24) is 0 Å². The third-order valence-corrected chi connectivity index (χ3v) is 5.53. The molecule has 0 spiro atoms. The van der Waals surface area contributed by atoms with Crippen LogP contribution in [0.3, 0.4) is 0 Å². The van der Waals surface area contributed by atoms with Gasteiger partial charge in [0.2, 0.25) is 0 Å². The van der Waals surface area contributed by atoms with Crippen LogP contribution in [0.25, 0.3) is 0 Å². The first kappa shape index (κ1) is 19.6. The molecule has 1 aliphatic rings. The van der Waals surface area contributed by atoms with Crippen molar-refractivity contribution in [3.63, 3.8) is 0 Å². The number of hydrogen-bond acceptors (Lipinski definition) is 3. The second-order valence-corrected chi connectivity index (χ2v) is 9.93. The van der Waals surface area contributed by atoms with Crippen LogP contribution < -0.4 is 0 Å². The Morgan fingerprint density at radius 3 is 2.54 bits per heavy atom. The highest BCUT2D eigenvalue weighted by atomic mass is 35.6. The molecule has 3 nitrogen and oxygen atoms in total. The van der Waals surface area contributed by atoms with Gasteiger partial charge in [-0.05, 0) is 29.4 Å². The molecule has 26 heavy (non-hydrogen) atoms. The maximum Gasteiger partial charge on any atom is 0.310 e. The molecule has 0 amide bonds. The van der Waals surface area contributed by atoms with Crippen LogP contribution in [0.1, 0.15) is 37.2 Å². The van der Waals surface area contributed by atoms with Gasteiger partial charge in [0.1, 0.15) is 12.4 Å². The van der Waals surface area contributed by atoms with E-state index in [1.54, 1.807) is 6.26 Å². The number of furan rings is 1. The smallest absolute Gasteiger partial charge is 0.310 e. The molecule has 6 heteroatoms. The SMILES string of the molecule is CC1(C)C(CC(Cl)(Cl)Cl)C1C(=O)OCc1coc(Cc2ccccc2)c1. The van der Waals surface area contributed by atoms with Crippen LogP contribution >= 0.6 is 34.8 Å². The third kappa shape index (κ3) is 4.76. The van der Waals surface area contributed by atoms with Gasteiger partial charge in [-0.2, -0.15) is 0 Å². The van der Waals surface area contributed by atoms with Crippen molar-refractivity contribution in [1.29, 1.82) is 0 Å². The molecule has 3 rings (SSSR count). The third-order valence-electron chi connectivity index (χ3n) is 5.07. The summed E-state index contributed by atoms with van der Waals surface area (Å²) in [5.41, 5.74) is 1.79. The van der Waals surface area contributed by atoms with E-state index in [4.69, 9.17) is 44.0 Å². The summed E-state index contributed by atoms with van der Waals surface area (Å²) in [6.45, 7) is 4.18. The van der Waals surface area contributed by atoms with E-state index in [2.05, 4.69) is 0 Å². The van der Waals surface area contributed by atoms with E-state index in [-0.39, 0.29) is 29.8 Å². The topological polar surface area (TPSA) is 39.4 Å². The van der Waals surface area contributed by atoms with Crippen LogP contribution in [-0.2, 0) is 22.6 Å². The lowest BCUT2D eigenvalue weighted by molar-refractivity contribution is -0.147. The zero-order chi connectivity index (χ0) is 18.9. The van der Waals surface area contributed by atoms with Gasteiger partial charge < -0.3 is 9.15 Å². The summed E-state index contributed by atoms with van der Waals surface area (Å²) in [7, 11) is 0. The number of halogens is 3. The van der Waals surface area contributed by atoms with Crippen molar-refractivity contribution >= 4 is 40.8 Å². The van der Waals surface area contributed by atoms with Crippen LogP contribution in [0.2, 0.25) is 0 Å². The van der Waals surface area contributed by atoms with Gasteiger partial charge in [0.25, 0.3) is 0 Å². The molecule has 1 heterocycles. The van der Waals surface area contributed by atoms with E-state index in [0.29, 0.717) is 12.8 Å². The largest absolute Gasteiger partial charge is 0.469 e. The van der Waals surface area contributed by atoms with Gasteiger partial charge >= 0.3 is 5.97 Å². The highest BCUT2D eigenvalue weighted by Gasteiger charge is 2.63. The number of esters is 1. The fourth-order valence-electron chi connectivity index (χ4n) is 3.48. The average Bonchev–Trinajstić information content (AvgIpc) is 2.90. The second-order valence-electron chi connectivity index (χ2n) is 7.42. The van der Waals surface area contributed by atoms with Crippen molar-refractivity contribution in [2.24, 2.45) is 17.3 Å². The average molecular weight is 416 g/mol. The number of ether oxygens (including phenoxy) is 1. The lowest BCUT2D eigenvalue weighted by atomic mass is 10.1. The summed E-state index contributed by atoms with van der Waals surface area (Å²) < 4.78 is 9.68. The zero-order valence-corrected chi connectivity index (χ0v) is 16.9. The van der Waals surface area contributed by atoms with Gasteiger partial charge in [-0.3, -0.25) is 4.79 Å². The van der Waals surface area contributed by atoms with E-state index in [1.807, 2.05) is 50.2 Å². The summed E-state index contributed by atoms with van der Waals surface area (Å²) in [6.07, 6.45) is 2.68. The fraction of sp³-hybridized carbons (Fsp3) is 0.450. The summed E-state index contributed by atoms with van der Waals surface area (Å²) in [6, 6.07) is 12.0. The Balaban J connectivity index is 1.52. The van der Waals surface area contributed by atoms with Gasteiger partial charge in [-0.1, -0.05) is 79.0 Å². The number of carbonyl (C=O) groups is 1. The highest BCUT2D eigenvalue weighted by molar-refractivity contribution is 6.67. The monoisotopic (exact) mass is 414 g/mol. The predicted octanol–water partition coefficient (Wildman–Crippen LogP) is 5.95. The van der Waals surface area contributed by atoms with Crippen molar-refractivity contribution < 1.29 is 13.9 Å². The van der Waals surface area contributed by atoms with Crippen LogP contribution in [0.15, 0.2) is 47.1 Å². The fourth-order valence-corrected chi connectivity index (χ4v) is 3.98. The summed E-state index contributed by atoms with van der Waals surface area (Å²) in [5, 5.41) is 0. The molecule has 0 N–H and O–H groups in total. The van der Waals surface area contributed by atoms with Gasteiger partial charge in [0.15, 0.2) is 3.79 Å². The molecular weight excluding hydrogens is 395 g/mol. The summed E-state index contributed by atoms with van der Waals surface area (Å²) in [4.78, 5) is 12.4. The molecule has 1 aliphatic carbocycles. The number of benzene rings is 1. The Hall–Kier alpha value is -1.16. The molecule has 1 aromatic heterocycles. The van der Waals surface area contributed by atoms with E-state index in [0.717, 1.165) is 11.3 Å². The van der Waals surface area contributed by atoms with Crippen LogP contribution in [0, 0.1) is 17.3 Å². The quantitative estimate of drug-likeness (QED) is 0.432. The van der Waals surface area contributed by atoms with E-state index < -0.39 is 3.79 Å². The molecule has 0 bridgehead atoms. The molecule has 1 aromatic carbocycles. The number of rotatable bonds is 6. The van der Waals surface area contributed by atoms with E-state index >= 15 is 0 Å². The minimum atomic E-state index is -1.35. The van der Waals surface area contributed by atoms with Crippen LogP contribution in [0.4, 0.5) is 0 Å². The summed E-state index contributed by atoms with van der Waals surface area (Å²) >= 11 is 17.6. The lowest BCUT2D eigenvalue weighted by Gasteiger charge is -2.10. The first-order valence-corrected chi connectivity index (χ1v) is 9.64. The Morgan fingerprint density at radius 1 is 1.19 bits per heavy atom. The molecule has 2 atom stereocenters. The Labute approximate surface area is 168 Å². The minimum absolute atomic E-state index is 0.0143. The molecule has 2 aromatic rings. The van der Waals surface area contributed by atoms with E-state index in [1.165, 1.54) is 5.56 Å². The Morgan fingerprint density at radius 2 is 1.88 bits per heavy atom. The maximum absolute atomic E-state index is 12.4. The second kappa shape index (κ2) is 7.46. The van der Waals surface area contributed by atoms with E-state index in [9.17, 15) is 4.79 Å². The van der Waals surface area contributed by atoms with Crippen molar-refractivity contribution in [2.75, 3.05) is 0 Å². The normalized spacial score (nSPS) is 21.4. The van der Waals surface area contributed by atoms with Crippen LogP contribution in [0.5, 0.6) is 0 Å². The van der Waals surface area contributed by atoms with Gasteiger partial charge in [-0.15, -0.1) is 0 Å². The molecule has 0 radical (unpaired) electrons. The van der Waals surface area contributed by atoms with Crippen LogP contribution in [-0.4, -0.2) is 9.76 Å². The standard InChI is InChI=1S/C20H21Cl3O3/c1-19(2)16(10-20(21,22)23)17(19)18(24)26-12-14-9-15(25-11-14)8-13-6-4-3-5-7-13/h3-7,9,11,16-17H,8,10,12H2,1-2H3. The predicted molar refractivity (Wildman–Crippen MR) is 103 cm³/mol. The molecule has 0 saturated heterocycles. The van der Waals surface area contributed by atoms with Gasteiger partial charge in [0, 0.05) is 12.0 Å². The molecule has 1 saturated carbocycles. The van der Waals surface area contributed by atoms with Gasteiger partial charge in [0.05, 0.1) is 12.2 Å². The Kier molecular flexibility index (Phi) is 5.62. The molecule has 1 fully saturated rings.